The molecule has 3 nitrogen and oxygen atoms in total. The van der Waals surface area contributed by atoms with Gasteiger partial charge in [-0.3, -0.25) is 10.1 Å². The molecule has 3 heteroatoms. The molecule has 0 unspecified atom stereocenters. The highest BCUT2D eigenvalue weighted by molar-refractivity contribution is 5.46. The minimum absolute atomic E-state index is 0.126. The summed E-state index contributed by atoms with van der Waals surface area (Å²) >= 11 is 0. The Kier molecular flexibility index (Phi) is 3.02. The monoisotopic (exact) mass is 190 g/mol. The van der Waals surface area contributed by atoms with Crippen molar-refractivity contribution >= 4 is 5.69 Å². The van der Waals surface area contributed by atoms with Crippen molar-refractivity contribution in [3.8, 4) is 0 Å². The van der Waals surface area contributed by atoms with Crippen LogP contribution in [0.4, 0.5) is 5.69 Å². The Balaban J connectivity index is 3.19. The maximum Gasteiger partial charge on any atom is 0.269 e. The lowest BCUT2D eigenvalue weighted by Crippen LogP contribution is -1.95. The molecule has 0 aliphatic heterocycles. The van der Waals surface area contributed by atoms with E-state index in [1.807, 2.05) is 19.9 Å². The van der Waals surface area contributed by atoms with Gasteiger partial charge in [-0.1, -0.05) is 19.1 Å². The van der Waals surface area contributed by atoms with E-state index in [9.17, 15) is 10.1 Å². The van der Waals surface area contributed by atoms with E-state index in [0.717, 1.165) is 17.0 Å². The molecule has 0 saturated heterocycles. The van der Waals surface area contributed by atoms with Gasteiger partial charge in [0, 0.05) is 18.1 Å². The van der Waals surface area contributed by atoms with E-state index in [2.05, 4.69) is 6.58 Å². The largest absolute Gasteiger partial charge is 0.269 e. The molecule has 0 amide bonds. The molecule has 14 heavy (non-hydrogen) atoms. The fourth-order valence-electron chi connectivity index (χ4n) is 1.21. The van der Waals surface area contributed by atoms with Crippen LogP contribution in [0, 0.1) is 23.0 Å². The van der Waals surface area contributed by atoms with Crippen LogP contribution >= 0.6 is 0 Å². The first kappa shape index (κ1) is 10.4. The normalized spacial score (nSPS) is 10.2. The molecule has 0 aliphatic carbocycles. The second-order valence-corrected chi connectivity index (χ2v) is 3.20. The summed E-state index contributed by atoms with van der Waals surface area (Å²) in [5.41, 5.74) is 1.86. The third-order valence-corrected chi connectivity index (χ3v) is 2.03. The summed E-state index contributed by atoms with van der Waals surface area (Å²) in [5, 5.41) is 10.6. The zero-order valence-electron chi connectivity index (χ0n) is 8.28. The molecule has 0 saturated carbocycles. The maximum absolute atomic E-state index is 10.6. The van der Waals surface area contributed by atoms with E-state index in [-0.39, 0.29) is 10.6 Å². The third-order valence-electron chi connectivity index (χ3n) is 2.03. The number of benzene rings is 1. The van der Waals surface area contributed by atoms with Gasteiger partial charge in [-0.25, -0.2) is 0 Å². The van der Waals surface area contributed by atoms with Crippen molar-refractivity contribution in [2.75, 3.05) is 0 Å². The number of nitrogens with zero attached hydrogens (tertiary/aromatic N) is 1. The summed E-state index contributed by atoms with van der Waals surface area (Å²) in [4.78, 5) is 10.2. The van der Waals surface area contributed by atoms with Crippen molar-refractivity contribution in [2.45, 2.75) is 13.8 Å². The highest BCUT2D eigenvalue weighted by atomic mass is 16.6. The molecule has 0 aliphatic rings. The first-order valence-corrected chi connectivity index (χ1v) is 4.27. The van der Waals surface area contributed by atoms with Gasteiger partial charge in [-0.2, -0.15) is 0 Å². The number of hydrogen-bond donors (Lipinski definition) is 0. The van der Waals surface area contributed by atoms with Gasteiger partial charge in [0.1, 0.15) is 0 Å². The fraction of sp³-hybridized carbons (Fsp3) is 0.182. The summed E-state index contributed by atoms with van der Waals surface area (Å²) < 4.78 is 0. The van der Waals surface area contributed by atoms with Crippen LogP contribution in [0.3, 0.4) is 0 Å². The molecular formula is C11H12NO2. The van der Waals surface area contributed by atoms with Gasteiger partial charge in [0.25, 0.3) is 5.69 Å². The van der Waals surface area contributed by atoms with Crippen molar-refractivity contribution in [3.63, 3.8) is 0 Å². The number of rotatable bonds is 3. The number of nitro benzene ring substituents is 1. The zero-order valence-corrected chi connectivity index (χ0v) is 8.28. The van der Waals surface area contributed by atoms with Crippen molar-refractivity contribution in [1.29, 1.82) is 0 Å². The van der Waals surface area contributed by atoms with Gasteiger partial charge >= 0.3 is 0 Å². The summed E-state index contributed by atoms with van der Waals surface area (Å²) in [5.74, 6) is 0.941. The van der Waals surface area contributed by atoms with Crippen LogP contribution in [-0.4, -0.2) is 4.92 Å². The fourth-order valence-corrected chi connectivity index (χ4v) is 1.21. The average molecular weight is 190 g/mol. The van der Waals surface area contributed by atoms with Crippen molar-refractivity contribution < 1.29 is 4.92 Å². The van der Waals surface area contributed by atoms with Crippen LogP contribution in [0.25, 0.3) is 0 Å². The minimum Gasteiger partial charge on any atom is -0.258 e. The highest BCUT2D eigenvalue weighted by Crippen LogP contribution is 2.22. The summed E-state index contributed by atoms with van der Waals surface area (Å²) in [7, 11) is 0. The molecule has 1 rings (SSSR count). The van der Waals surface area contributed by atoms with Crippen LogP contribution in [0.2, 0.25) is 0 Å². The second kappa shape index (κ2) is 4.05. The molecule has 0 aromatic heterocycles. The van der Waals surface area contributed by atoms with Crippen LogP contribution < -0.4 is 0 Å². The van der Waals surface area contributed by atoms with Gasteiger partial charge in [0.05, 0.1) is 4.92 Å². The van der Waals surface area contributed by atoms with Crippen LogP contribution in [0.1, 0.15) is 18.1 Å². The SMILES string of the molecule is C=C[C](C)c1cc(C)cc([N+](=O)[O-])c1. The Morgan fingerprint density at radius 3 is 2.64 bits per heavy atom. The van der Waals surface area contributed by atoms with E-state index in [1.54, 1.807) is 18.2 Å². The van der Waals surface area contributed by atoms with Gasteiger partial charge in [0.2, 0.25) is 0 Å². The molecule has 0 atom stereocenters. The molecule has 0 N–H and O–H groups in total. The average Bonchev–Trinajstić information content (AvgIpc) is 2.15. The number of hydrogen-bond acceptors (Lipinski definition) is 2. The summed E-state index contributed by atoms with van der Waals surface area (Å²) in [6.07, 6.45) is 1.69. The topological polar surface area (TPSA) is 43.1 Å². The van der Waals surface area contributed by atoms with Crippen LogP contribution in [0.5, 0.6) is 0 Å². The predicted octanol–water partition coefficient (Wildman–Crippen LogP) is 3.03. The molecule has 0 bridgehead atoms. The number of nitro groups is 1. The lowest BCUT2D eigenvalue weighted by molar-refractivity contribution is -0.384. The Morgan fingerprint density at radius 1 is 1.50 bits per heavy atom. The van der Waals surface area contributed by atoms with Crippen LogP contribution in [0.15, 0.2) is 30.9 Å². The van der Waals surface area contributed by atoms with E-state index < -0.39 is 0 Å². The zero-order chi connectivity index (χ0) is 10.7. The standard InChI is InChI=1S/C11H12NO2/c1-4-9(3)10-5-8(2)6-11(7-10)12(13)14/h4-7H,1H2,2-3H3. The van der Waals surface area contributed by atoms with Gasteiger partial charge in [-0.15, -0.1) is 6.58 Å². The highest BCUT2D eigenvalue weighted by Gasteiger charge is 2.10. The molecule has 0 heterocycles. The smallest absolute Gasteiger partial charge is 0.258 e. The van der Waals surface area contributed by atoms with E-state index in [1.165, 1.54) is 0 Å². The summed E-state index contributed by atoms with van der Waals surface area (Å²) in [6.45, 7) is 7.35. The molecule has 0 spiro atoms. The van der Waals surface area contributed by atoms with E-state index in [4.69, 9.17) is 0 Å². The van der Waals surface area contributed by atoms with Gasteiger partial charge in [0.15, 0.2) is 0 Å². The minimum atomic E-state index is -0.382. The second-order valence-electron chi connectivity index (χ2n) is 3.20. The Hall–Kier alpha value is -1.64. The third kappa shape index (κ3) is 2.19. The van der Waals surface area contributed by atoms with Gasteiger partial charge < -0.3 is 0 Å². The molecule has 1 aromatic rings. The van der Waals surface area contributed by atoms with Crippen molar-refractivity contribution in [1.82, 2.24) is 0 Å². The Bertz CT molecular complexity index is 372. The molecule has 73 valence electrons. The maximum atomic E-state index is 10.6. The molecule has 0 fully saturated rings. The molecule has 1 radical (unpaired) electrons. The van der Waals surface area contributed by atoms with Crippen LogP contribution in [-0.2, 0) is 0 Å². The lowest BCUT2D eigenvalue weighted by Gasteiger charge is -2.06. The lowest BCUT2D eigenvalue weighted by atomic mass is 9.99. The first-order chi connectivity index (χ1) is 6.54. The predicted molar refractivity (Wildman–Crippen MR) is 56.0 cm³/mol. The first-order valence-electron chi connectivity index (χ1n) is 4.27. The summed E-state index contributed by atoms with van der Waals surface area (Å²) in [6, 6.07) is 5.02. The van der Waals surface area contributed by atoms with Crippen molar-refractivity contribution in [2.24, 2.45) is 0 Å². The Labute approximate surface area is 83.2 Å². The number of aryl methyl sites for hydroxylation is 1. The Morgan fingerprint density at radius 2 is 2.14 bits per heavy atom. The number of non-ortho nitro benzene ring substituents is 1. The quantitative estimate of drug-likeness (QED) is 0.543. The van der Waals surface area contributed by atoms with Gasteiger partial charge in [-0.05, 0) is 18.1 Å². The molecule has 1 aromatic carbocycles. The van der Waals surface area contributed by atoms with E-state index in [0.29, 0.717) is 0 Å². The van der Waals surface area contributed by atoms with Crippen molar-refractivity contribution in [3.05, 3.63) is 58.0 Å². The number of allylic oxidation sites excluding steroid dienone is 1. The molecular weight excluding hydrogens is 178 g/mol. The van der Waals surface area contributed by atoms with E-state index >= 15 is 0 Å².